The molecule has 0 amide bonds. The first-order valence-corrected chi connectivity index (χ1v) is 12.1. The Kier molecular flexibility index (Phi) is 9.38. The van der Waals surface area contributed by atoms with Crippen LogP contribution >= 0.6 is 0 Å². The van der Waals surface area contributed by atoms with Crippen LogP contribution in [0, 0.1) is 10.8 Å². The summed E-state index contributed by atoms with van der Waals surface area (Å²) in [5.74, 6) is 0.433. The van der Waals surface area contributed by atoms with E-state index in [9.17, 15) is 5.11 Å². The summed E-state index contributed by atoms with van der Waals surface area (Å²) in [6, 6.07) is 6.06. The summed E-state index contributed by atoms with van der Waals surface area (Å²) in [4.78, 5) is 0. The van der Waals surface area contributed by atoms with Crippen LogP contribution in [0.15, 0.2) is 18.2 Å². The van der Waals surface area contributed by atoms with Crippen molar-refractivity contribution in [2.45, 2.75) is 124 Å². The maximum atomic E-state index is 9.92. The lowest BCUT2D eigenvalue weighted by Gasteiger charge is -2.22. The SMILES string of the molecule is CCC(C)(C)CCCCCCc1ccc(O)cc1CCCCCCC1(C)CC1. The Hall–Kier alpha value is -0.980. The fourth-order valence-corrected chi connectivity index (χ4v) is 4.22. The van der Waals surface area contributed by atoms with Gasteiger partial charge in [-0.3, -0.25) is 0 Å². The molecular weight excluding hydrogens is 340 g/mol. The number of phenols is 1. The standard InChI is InChI=1S/C27H46O/c1-5-26(2,3)18-12-8-6-10-14-23-16-17-25(28)22-24(23)15-11-7-9-13-19-27(4)20-21-27/h16-17,22,28H,5-15,18-21H2,1-4H3. The van der Waals surface area contributed by atoms with Crippen LogP contribution in [0.4, 0.5) is 0 Å². The van der Waals surface area contributed by atoms with Gasteiger partial charge in [0.2, 0.25) is 0 Å². The van der Waals surface area contributed by atoms with Crippen LogP contribution in [0.5, 0.6) is 5.75 Å². The molecule has 160 valence electrons. The molecule has 1 nitrogen and oxygen atoms in total. The first-order valence-electron chi connectivity index (χ1n) is 12.1. The molecule has 1 aromatic carbocycles. The predicted octanol–water partition coefficient (Wildman–Crippen LogP) is 8.61. The van der Waals surface area contributed by atoms with E-state index in [4.69, 9.17) is 0 Å². The summed E-state index contributed by atoms with van der Waals surface area (Å²) in [6.07, 6.45) is 20.0. The molecule has 0 radical (unpaired) electrons. The van der Waals surface area contributed by atoms with Crippen molar-refractivity contribution >= 4 is 0 Å². The molecule has 0 heterocycles. The van der Waals surface area contributed by atoms with Gasteiger partial charge in [-0.25, -0.2) is 0 Å². The van der Waals surface area contributed by atoms with Gasteiger partial charge in [-0.05, 0) is 85.5 Å². The van der Waals surface area contributed by atoms with Crippen molar-refractivity contribution in [2.75, 3.05) is 0 Å². The summed E-state index contributed by atoms with van der Waals surface area (Å²) in [6.45, 7) is 9.53. The van der Waals surface area contributed by atoms with Crippen LogP contribution < -0.4 is 0 Å². The summed E-state index contributed by atoms with van der Waals surface area (Å²) in [5.41, 5.74) is 4.09. The van der Waals surface area contributed by atoms with Gasteiger partial charge in [-0.1, -0.05) is 78.7 Å². The van der Waals surface area contributed by atoms with Crippen molar-refractivity contribution in [3.05, 3.63) is 29.3 Å². The zero-order valence-electron chi connectivity index (χ0n) is 19.3. The Morgan fingerprint density at radius 2 is 1.46 bits per heavy atom. The van der Waals surface area contributed by atoms with Crippen LogP contribution in [0.25, 0.3) is 0 Å². The number of benzene rings is 1. The van der Waals surface area contributed by atoms with Gasteiger partial charge in [0, 0.05) is 0 Å². The quantitative estimate of drug-likeness (QED) is 0.299. The van der Waals surface area contributed by atoms with Crippen molar-refractivity contribution < 1.29 is 5.11 Å². The molecule has 0 unspecified atom stereocenters. The van der Waals surface area contributed by atoms with Crippen molar-refractivity contribution in [1.29, 1.82) is 0 Å². The normalized spacial score (nSPS) is 15.7. The zero-order valence-corrected chi connectivity index (χ0v) is 19.3. The summed E-state index contributed by atoms with van der Waals surface area (Å²) in [5, 5.41) is 9.92. The first-order chi connectivity index (χ1) is 13.3. The van der Waals surface area contributed by atoms with Crippen molar-refractivity contribution in [3.8, 4) is 5.75 Å². The number of phenolic OH excluding ortho intramolecular Hbond substituents is 1. The lowest BCUT2D eigenvalue weighted by atomic mass is 9.84. The maximum Gasteiger partial charge on any atom is 0.115 e. The van der Waals surface area contributed by atoms with Gasteiger partial charge in [-0.2, -0.15) is 0 Å². The molecular formula is C27H46O. The highest BCUT2D eigenvalue weighted by molar-refractivity contribution is 5.35. The second-order valence-corrected chi connectivity index (χ2v) is 10.6. The van der Waals surface area contributed by atoms with Gasteiger partial charge in [0.1, 0.15) is 5.75 Å². The van der Waals surface area contributed by atoms with E-state index in [0.29, 0.717) is 16.6 Å². The molecule has 0 spiro atoms. The number of hydrogen-bond acceptors (Lipinski definition) is 1. The van der Waals surface area contributed by atoms with Gasteiger partial charge < -0.3 is 5.11 Å². The fourth-order valence-electron chi connectivity index (χ4n) is 4.22. The van der Waals surface area contributed by atoms with E-state index in [0.717, 1.165) is 6.42 Å². The molecule has 1 aliphatic rings. The highest BCUT2D eigenvalue weighted by atomic mass is 16.3. The van der Waals surface area contributed by atoms with E-state index in [1.54, 1.807) is 0 Å². The van der Waals surface area contributed by atoms with Gasteiger partial charge in [0.05, 0.1) is 0 Å². The van der Waals surface area contributed by atoms with E-state index in [-0.39, 0.29) is 0 Å². The Bertz CT molecular complexity index is 568. The molecule has 1 N–H and O–H groups in total. The minimum absolute atomic E-state index is 0.433. The average Bonchev–Trinajstić information content (AvgIpc) is 3.39. The molecule has 1 fully saturated rings. The Morgan fingerprint density at radius 1 is 0.857 bits per heavy atom. The van der Waals surface area contributed by atoms with Crippen LogP contribution in [0.2, 0.25) is 0 Å². The van der Waals surface area contributed by atoms with E-state index in [1.807, 2.05) is 12.1 Å². The van der Waals surface area contributed by atoms with E-state index in [1.165, 1.54) is 101 Å². The monoisotopic (exact) mass is 386 g/mol. The van der Waals surface area contributed by atoms with Gasteiger partial charge in [0.15, 0.2) is 0 Å². The molecule has 1 aromatic rings. The van der Waals surface area contributed by atoms with Crippen LogP contribution in [0.3, 0.4) is 0 Å². The second kappa shape index (κ2) is 11.3. The topological polar surface area (TPSA) is 20.2 Å². The predicted molar refractivity (Wildman–Crippen MR) is 123 cm³/mol. The molecule has 1 aliphatic carbocycles. The van der Waals surface area contributed by atoms with Crippen LogP contribution in [-0.4, -0.2) is 5.11 Å². The van der Waals surface area contributed by atoms with Crippen LogP contribution in [0.1, 0.15) is 122 Å². The molecule has 0 aliphatic heterocycles. The van der Waals surface area contributed by atoms with Crippen LogP contribution in [-0.2, 0) is 12.8 Å². The minimum Gasteiger partial charge on any atom is -0.508 e. The number of aromatic hydroxyl groups is 1. The van der Waals surface area contributed by atoms with Gasteiger partial charge in [-0.15, -0.1) is 0 Å². The largest absolute Gasteiger partial charge is 0.508 e. The molecule has 1 heteroatoms. The molecule has 0 atom stereocenters. The Labute approximate surface area is 175 Å². The molecule has 1 saturated carbocycles. The fraction of sp³-hybridized carbons (Fsp3) is 0.778. The first kappa shape index (κ1) is 23.3. The molecule has 0 saturated heterocycles. The minimum atomic E-state index is 0.433. The van der Waals surface area contributed by atoms with Crippen molar-refractivity contribution in [3.63, 3.8) is 0 Å². The highest BCUT2D eigenvalue weighted by Crippen LogP contribution is 2.49. The van der Waals surface area contributed by atoms with Crippen molar-refractivity contribution in [2.24, 2.45) is 10.8 Å². The van der Waals surface area contributed by atoms with Gasteiger partial charge >= 0.3 is 0 Å². The zero-order chi connectivity index (χ0) is 20.5. The van der Waals surface area contributed by atoms with E-state index < -0.39 is 0 Å². The van der Waals surface area contributed by atoms with E-state index >= 15 is 0 Å². The molecule has 28 heavy (non-hydrogen) atoms. The van der Waals surface area contributed by atoms with Crippen molar-refractivity contribution in [1.82, 2.24) is 0 Å². The number of aryl methyl sites for hydroxylation is 2. The molecule has 0 aromatic heterocycles. The third-order valence-corrected chi connectivity index (χ3v) is 7.28. The maximum absolute atomic E-state index is 9.92. The highest BCUT2D eigenvalue weighted by Gasteiger charge is 2.35. The number of hydrogen-bond donors (Lipinski definition) is 1. The van der Waals surface area contributed by atoms with E-state index in [2.05, 4.69) is 33.8 Å². The smallest absolute Gasteiger partial charge is 0.115 e. The number of rotatable bonds is 15. The average molecular weight is 387 g/mol. The molecule has 2 rings (SSSR count). The van der Waals surface area contributed by atoms with Gasteiger partial charge in [0.25, 0.3) is 0 Å². The number of unbranched alkanes of at least 4 members (excludes halogenated alkanes) is 6. The lowest BCUT2D eigenvalue weighted by Crippen LogP contribution is -2.08. The lowest BCUT2D eigenvalue weighted by molar-refractivity contribution is 0.307. The summed E-state index contributed by atoms with van der Waals surface area (Å²) >= 11 is 0. The summed E-state index contributed by atoms with van der Waals surface area (Å²) in [7, 11) is 0. The Morgan fingerprint density at radius 3 is 2.11 bits per heavy atom. The third kappa shape index (κ3) is 9.01. The molecule has 0 bridgehead atoms. The Balaban J connectivity index is 1.63. The second-order valence-electron chi connectivity index (χ2n) is 10.6. The summed E-state index contributed by atoms with van der Waals surface area (Å²) < 4.78 is 0. The third-order valence-electron chi connectivity index (χ3n) is 7.28.